The highest BCUT2D eigenvalue weighted by atomic mass is 32.1. The van der Waals surface area contributed by atoms with Gasteiger partial charge in [-0.2, -0.15) is 0 Å². The molecule has 1 aromatic heterocycles. The molecule has 0 spiro atoms. The number of anilines is 1. The second-order valence-electron chi connectivity index (χ2n) is 7.19. The molecule has 0 bridgehead atoms. The normalized spacial score (nSPS) is 15.5. The van der Waals surface area contributed by atoms with Crippen molar-refractivity contribution in [2.75, 3.05) is 44.3 Å². The Labute approximate surface area is 160 Å². The number of rotatable bonds is 7. The van der Waals surface area contributed by atoms with E-state index in [9.17, 15) is 4.79 Å². The number of carbonyl (C=O) groups excluding carboxylic acids is 1. The van der Waals surface area contributed by atoms with Crippen LogP contribution in [0, 0.1) is 13.8 Å². The van der Waals surface area contributed by atoms with E-state index in [0.717, 1.165) is 62.9 Å². The summed E-state index contributed by atoms with van der Waals surface area (Å²) in [5.41, 5.74) is 3.47. The lowest BCUT2D eigenvalue weighted by atomic mass is 10.1. The molecule has 142 valence electrons. The Balaban J connectivity index is 1.75. The van der Waals surface area contributed by atoms with Crippen molar-refractivity contribution >= 4 is 32.6 Å². The number of quaternary nitrogens is 1. The number of carbonyl (C=O) groups is 1. The van der Waals surface area contributed by atoms with Gasteiger partial charge in [0.25, 0.3) is 0 Å². The second kappa shape index (κ2) is 8.93. The summed E-state index contributed by atoms with van der Waals surface area (Å²) in [5.74, 6) is 0.193. The van der Waals surface area contributed by atoms with Gasteiger partial charge < -0.3 is 9.64 Å². The fourth-order valence-corrected chi connectivity index (χ4v) is 4.61. The van der Waals surface area contributed by atoms with Crippen LogP contribution >= 0.6 is 11.3 Å². The van der Waals surface area contributed by atoms with Gasteiger partial charge >= 0.3 is 0 Å². The molecule has 1 aromatic carbocycles. The molecule has 26 heavy (non-hydrogen) atoms. The van der Waals surface area contributed by atoms with E-state index in [1.165, 1.54) is 15.8 Å². The molecule has 2 aromatic rings. The van der Waals surface area contributed by atoms with E-state index in [4.69, 9.17) is 9.72 Å². The average molecular weight is 377 g/mol. The van der Waals surface area contributed by atoms with Crippen LogP contribution in [-0.4, -0.2) is 50.3 Å². The number of benzene rings is 1. The molecule has 1 N–H and O–H groups in total. The summed E-state index contributed by atoms with van der Waals surface area (Å²) in [4.78, 5) is 21.0. The molecule has 5 nitrogen and oxygen atoms in total. The number of thiazole rings is 1. The van der Waals surface area contributed by atoms with E-state index >= 15 is 0 Å². The standard InChI is InChI=1S/C20H29N3O2S/c1-4-6-18(24)23(8-5-7-22-9-11-25-12-10-22)20-21-17-14-15(2)13-16(3)19(17)26-20/h13-14H,4-12H2,1-3H3/p+1. The molecule has 0 aliphatic carbocycles. The van der Waals surface area contributed by atoms with Crippen LogP contribution in [0.4, 0.5) is 5.13 Å². The van der Waals surface area contributed by atoms with Gasteiger partial charge in [-0.15, -0.1) is 0 Å². The number of ether oxygens (including phenoxy) is 1. The molecule has 0 radical (unpaired) electrons. The Kier molecular flexibility index (Phi) is 6.62. The number of hydrogen-bond donors (Lipinski definition) is 1. The second-order valence-corrected chi connectivity index (χ2v) is 8.17. The SMILES string of the molecule is CCCC(=O)N(CCC[NH+]1CCOCC1)c1nc2cc(C)cc(C)c2s1. The summed E-state index contributed by atoms with van der Waals surface area (Å²) in [6, 6.07) is 4.30. The zero-order chi connectivity index (χ0) is 18.5. The molecule has 0 unspecified atom stereocenters. The molecule has 1 aliphatic rings. The van der Waals surface area contributed by atoms with Crippen molar-refractivity contribution in [3.63, 3.8) is 0 Å². The fraction of sp³-hybridized carbons (Fsp3) is 0.600. The topological polar surface area (TPSA) is 46.9 Å². The van der Waals surface area contributed by atoms with Crippen molar-refractivity contribution < 1.29 is 14.4 Å². The number of aromatic nitrogens is 1. The molecule has 0 saturated carbocycles. The third-order valence-corrected chi connectivity index (χ3v) is 6.15. The summed E-state index contributed by atoms with van der Waals surface area (Å²) in [6.45, 7) is 12.0. The maximum absolute atomic E-state index is 12.7. The zero-order valence-electron chi connectivity index (χ0n) is 16.1. The van der Waals surface area contributed by atoms with Gasteiger partial charge in [-0.1, -0.05) is 24.3 Å². The van der Waals surface area contributed by atoms with Gasteiger partial charge in [0.15, 0.2) is 5.13 Å². The zero-order valence-corrected chi connectivity index (χ0v) is 17.0. The third kappa shape index (κ3) is 4.61. The number of nitrogens with one attached hydrogen (secondary N) is 1. The Bertz CT molecular complexity index is 753. The maximum Gasteiger partial charge on any atom is 0.228 e. The van der Waals surface area contributed by atoms with E-state index in [0.29, 0.717) is 6.42 Å². The maximum atomic E-state index is 12.7. The van der Waals surface area contributed by atoms with Crippen LogP contribution in [0.1, 0.15) is 37.3 Å². The number of amides is 1. The highest BCUT2D eigenvalue weighted by Gasteiger charge is 2.21. The van der Waals surface area contributed by atoms with Crippen molar-refractivity contribution in [1.29, 1.82) is 0 Å². The largest absolute Gasteiger partial charge is 0.370 e. The van der Waals surface area contributed by atoms with Gasteiger partial charge in [0.2, 0.25) is 5.91 Å². The summed E-state index contributed by atoms with van der Waals surface area (Å²) >= 11 is 1.65. The van der Waals surface area contributed by atoms with E-state index in [1.807, 2.05) is 4.90 Å². The van der Waals surface area contributed by atoms with Crippen LogP contribution in [0.25, 0.3) is 10.2 Å². The quantitative estimate of drug-likeness (QED) is 0.807. The van der Waals surface area contributed by atoms with Gasteiger partial charge in [-0.05, 0) is 37.5 Å². The van der Waals surface area contributed by atoms with Crippen molar-refractivity contribution in [2.45, 2.75) is 40.0 Å². The van der Waals surface area contributed by atoms with Gasteiger partial charge in [-0.25, -0.2) is 4.98 Å². The first-order chi connectivity index (χ1) is 12.6. The van der Waals surface area contributed by atoms with Crippen molar-refractivity contribution in [3.8, 4) is 0 Å². The van der Waals surface area contributed by atoms with E-state index in [2.05, 4.69) is 32.9 Å². The third-order valence-electron chi connectivity index (χ3n) is 4.92. The monoisotopic (exact) mass is 376 g/mol. The lowest BCUT2D eigenvalue weighted by Gasteiger charge is -2.25. The Morgan fingerprint density at radius 3 is 2.81 bits per heavy atom. The molecule has 2 heterocycles. The van der Waals surface area contributed by atoms with Gasteiger partial charge in [0.05, 0.1) is 30.0 Å². The lowest BCUT2D eigenvalue weighted by molar-refractivity contribution is -0.908. The highest BCUT2D eigenvalue weighted by Crippen LogP contribution is 2.32. The van der Waals surface area contributed by atoms with E-state index < -0.39 is 0 Å². The summed E-state index contributed by atoms with van der Waals surface area (Å²) < 4.78 is 6.62. The van der Waals surface area contributed by atoms with Gasteiger partial charge in [-0.3, -0.25) is 9.69 Å². The number of hydrogen-bond acceptors (Lipinski definition) is 4. The Morgan fingerprint density at radius 2 is 2.08 bits per heavy atom. The minimum atomic E-state index is 0.193. The van der Waals surface area contributed by atoms with Crippen LogP contribution in [0.2, 0.25) is 0 Å². The molecule has 1 aliphatic heterocycles. The van der Waals surface area contributed by atoms with Crippen LogP contribution in [-0.2, 0) is 9.53 Å². The minimum absolute atomic E-state index is 0.193. The van der Waals surface area contributed by atoms with Gasteiger partial charge in [0, 0.05) is 19.4 Å². The predicted molar refractivity (Wildman–Crippen MR) is 107 cm³/mol. The number of aryl methyl sites for hydroxylation is 2. The molecule has 3 rings (SSSR count). The van der Waals surface area contributed by atoms with Gasteiger partial charge in [0.1, 0.15) is 13.1 Å². The average Bonchev–Trinajstić information content (AvgIpc) is 3.03. The molecule has 1 saturated heterocycles. The number of nitrogens with zero attached hydrogens (tertiary/aromatic N) is 2. The molecule has 1 fully saturated rings. The van der Waals surface area contributed by atoms with Crippen molar-refractivity contribution in [3.05, 3.63) is 23.3 Å². The lowest BCUT2D eigenvalue weighted by Crippen LogP contribution is -3.14. The van der Waals surface area contributed by atoms with Crippen LogP contribution in [0.5, 0.6) is 0 Å². The summed E-state index contributed by atoms with van der Waals surface area (Å²) in [6.07, 6.45) is 2.45. The van der Waals surface area contributed by atoms with Crippen molar-refractivity contribution in [2.24, 2.45) is 0 Å². The minimum Gasteiger partial charge on any atom is -0.370 e. The molecular weight excluding hydrogens is 346 g/mol. The molecule has 6 heteroatoms. The fourth-order valence-electron chi connectivity index (χ4n) is 3.55. The molecule has 0 atom stereocenters. The molecule has 1 amide bonds. The number of fused-ring (bicyclic) bond motifs is 1. The van der Waals surface area contributed by atoms with E-state index in [-0.39, 0.29) is 5.91 Å². The first-order valence-corrected chi connectivity index (χ1v) is 10.5. The van der Waals surface area contributed by atoms with E-state index in [1.54, 1.807) is 16.2 Å². The summed E-state index contributed by atoms with van der Waals surface area (Å²) in [7, 11) is 0. The first-order valence-electron chi connectivity index (χ1n) is 9.68. The van der Waals surface area contributed by atoms with Crippen LogP contribution in [0.3, 0.4) is 0 Å². The molecular formula is C20H30N3O2S+. The Hall–Kier alpha value is -1.50. The van der Waals surface area contributed by atoms with Crippen LogP contribution < -0.4 is 9.80 Å². The Morgan fingerprint density at radius 1 is 1.31 bits per heavy atom. The first kappa shape index (κ1) is 19.3. The van der Waals surface area contributed by atoms with Crippen molar-refractivity contribution in [1.82, 2.24) is 4.98 Å². The summed E-state index contributed by atoms with van der Waals surface area (Å²) in [5, 5.41) is 0.851. The highest BCUT2D eigenvalue weighted by molar-refractivity contribution is 7.22. The predicted octanol–water partition coefficient (Wildman–Crippen LogP) is 2.35. The smallest absolute Gasteiger partial charge is 0.228 e. The van der Waals surface area contributed by atoms with Crippen LogP contribution in [0.15, 0.2) is 12.1 Å². The number of morpholine rings is 1.